The number of nitrogens with zero attached hydrogens (tertiary/aromatic N) is 2. The molecule has 25 heavy (non-hydrogen) atoms. The first-order valence-electron chi connectivity index (χ1n) is 8.32. The van der Waals surface area contributed by atoms with Crippen molar-refractivity contribution < 1.29 is 28.4 Å². The SMILES string of the molecule is CC(C)[Si]1(C(C)C)OOCC2OC(n3ccc(=O)[nH][n+]3=O)C(O)C2O1. The molecule has 0 amide bonds. The lowest BCUT2D eigenvalue weighted by atomic mass is 10.1. The average Bonchev–Trinajstić information content (AvgIpc) is 2.71. The van der Waals surface area contributed by atoms with Gasteiger partial charge in [0.15, 0.2) is 0 Å². The Hall–Kier alpha value is -1.37. The molecule has 3 heterocycles. The molecule has 0 aromatic carbocycles. The summed E-state index contributed by atoms with van der Waals surface area (Å²) in [6, 6.07) is 1.18. The summed E-state index contributed by atoms with van der Waals surface area (Å²) in [7, 11) is -2.78. The molecule has 3 rings (SSSR count). The molecule has 2 saturated heterocycles. The van der Waals surface area contributed by atoms with Crippen LogP contribution in [0.25, 0.3) is 0 Å². The Morgan fingerprint density at radius 1 is 1.36 bits per heavy atom. The monoisotopic (exact) mass is 374 g/mol. The molecule has 2 fully saturated rings. The lowest BCUT2D eigenvalue weighted by molar-refractivity contribution is -0.671. The van der Waals surface area contributed by atoms with Crippen LogP contribution in [0.2, 0.25) is 11.1 Å². The van der Waals surface area contributed by atoms with E-state index in [1.165, 1.54) is 12.3 Å². The first-order chi connectivity index (χ1) is 11.8. The summed E-state index contributed by atoms with van der Waals surface area (Å²) in [6.07, 6.45) is -2.14. The molecule has 0 radical (unpaired) electrons. The number of hydrogen-bond acceptors (Lipinski definition) is 7. The van der Waals surface area contributed by atoms with E-state index in [1.54, 1.807) is 0 Å². The van der Waals surface area contributed by atoms with E-state index in [0.717, 1.165) is 4.68 Å². The Morgan fingerprint density at radius 3 is 2.64 bits per heavy atom. The Balaban J connectivity index is 1.92. The number of fused-ring (bicyclic) bond motifs is 1. The van der Waals surface area contributed by atoms with Crippen molar-refractivity contribution in [2.24, 2.45) is 0 Å². The van der Waals surface area contributed by atoms with Gasteiger partial charge in [-0.2, -0.15) is 0 Å². The summed E-state index contributed by atoms with van der Waals surface area (Å²) >= 11 is 0. The van der Waals surface area contributed by atoms with Gasteiger partial charge >= 0.3 is 14.1 Å². The molecule has 4 unspecified atom stereocenters. The molecule has 4 atom stereocenters. The van der Waals surface area contributed by atoms with Gasteiger partial charge in [-0.05, 0) is 16.2 Å². The standard InChI is InChI=1S/C14H23N3O7Si/c1-8(2)25(9(3)4)23-13-10(7-21-24-25)22-14(12(13)19)16-6-5-11(18)15-17(16)20/h5-6,8-10,12-14,19H,7H2,1-4H3/p+1. The minimum absolute atomic E-state index is 0.0786. The number of hydrogen-bond donors (Lipinski definition) is 2. The van der Waals surface area contributed by atoms with Gasteiger partial charge in [0.2, 0.25) is 6.23 Å². The summed E-state index contributed by atoms with van der Waals surface area (Å²) in [5, 5.41) is 12.8. The maximum absolute atomic E-state index is 11.9. The van der Waals surface area contributed by atoms with Gasteiger partial charge in [0, 0.05) is 6.07 Å². The Bertz CT molecular complexity index is 726. The normalized spacial score (nSPS) is 32.0. The largest absolute Gasteiger partial charge is 0.385 e. The number of nitrogens with one attached hydrogen (secondary N) is 1. The van der Waals surface area contributed by atoms with Gasteiger partial charge in [-0.3, -0.25) is 9.37 Å². The predicted octanol–water partition coefficient (Wildman–Crippen LogP) is -0.0416. The average molecular weight is 374 g/mol. The van der Waals surface area contributed by atoms with Crippen LogP contribution in [-0.4, -0.2) is 48.4 Å². The summed E-state index contributed by atoms with van der Waals surface area (Å²) < 4.78 is 19.1. The molecular formula is C14H24N3O7Si+. The van der Waals surface area contributed by atoms with Crippen molar-refractivity contribution in [3.05, 3.63) is 27.5 Å². The Labute approximate surface area is 145 Å². The van der Waals surface area contributed by atoms with Gasteiger partial charge in [0.1, 0.15) is 24.9 Å². The third-order valence-corrected chi connectivity index (χ3v) is 8.95. The number of aliphatic hydroxyl groups is 1. The highest BCUT2D eigenvalue weighted by Crippen LogP contribution is 2.42. The minimum Gasteiger partial charge on any atom is -0.385 e. The van der Waals surface area contributed by atoms with E-state index in [9.17, 15) is 14.8 Å². The van der Waals surface area contributed by atoms with Crippen LogP contribution in [0.1, 0.15) is 33.9 Å². The molecule has 0 saturated carbocycles. The second kappa shape index (κ2) is 6.74. The molecule has 1 aromatic heterocycles. The van der Waals surface area contributed by atoms with Crippen molar-refractivity contribution in [3.63, 3.8) is 0 Å². The van der Waals surface area contributed by atoms with Crippen molar-refractivity contribution >= 4 is 8.56 Å². The van der Waals surface area contributed by atoms with Crippen LogP contribution in [0.3, 0.4) is 0 Å². The maximum Gasteiger partial charge on any atom is 0.380 e. The van der Waals surface area contributed by atoms with Crippen molar-refractivity contribution in [1.29, 1.82) is 0 Å². The zero-order valence-electron chi connectivity index (χ0n) is 14.6. The fourth-order valence-corrected chi connectivity index (χ4v) is 6.63. The first-order valence-corrected chi connectivity index (χ1v) is 10.3. The van der Waals surface area contributed by atoms with E-state index >= 15 is 0 Å². The Morgan fingerprint density at radius 2 is 2.04 bits per heavy atom. The predicted molar refractivity (Wildman–Crippen MR) is 86.2 cm³/mol. The van der Waals surface area contributed by atoms with E-state index < -0.39 is 38.7 Å². The zero-order chi connectivity index (χ0) is 18.4. The summed E-state index contributed by atoms with van der Waals surface area (Å²) in [4.78, 5) is 28.5. The number of ether oxygens (including phenoxy) is 1. The fourth-order valence-electron chi connectivity index (χ4n) is 3.36. The third kappa shape index (κ3) is 3.11. The number of aliphatic hydroxyl groups excluding tert-OH is 1. The van der Waals surface area contributed by atoms with Gasteiger partial charge in [-0.15, -0.1) is 0 Å². The van der Waals surface area contributed by atoms with Gasteiger partial charge in [0.05, 0.1) is 11.1 Å². The fraction of sp³-hybridized carbons (Fsp3) is 0.786. The van der Waals surface area contributed by atoms with Crippen LogP contribution in [0.5, 0.6) is 0 Å². The van der Waals surface area contributed by atoms with Crippen LogP contribution in [-0.2, 0) is 18.6 Å². The smallest absolute Gasteiger partial charge is 0.380 e. The Kier molecular flexibility index (Phi) is 4.97. The van der Waals surface area contributed by atoms with Crippen LogP contribution >= 0.6 is 0 Å². The molecule has 2 aliphatic rings. The minimum atomic E-state index is -2.78. The summed E-state index contributed by atoms with van der Waals surface area (Å²) in [6.45, 7) is 8.07. The second-order valence-electron chi connectivity index (χ2n) is 6.98. The molecule has 11 heteroatoms. The van der Waals surface area contributed by atoms with Crippen molar-refractivity contribution in [2.75, 3.05) is 6.61 Å². The van der Waals surface area contributed by atoms with Crippen molar-refractivity contribution in [1.82, 2.24) is 9.78 Å². The molecular weight excluding hydrogens is 350 g/mol. The number of aromatic amines is 1. The molecule has 1 aromatic rings. The van der Waals surface area contributed by atoms with Crippen LogP contribution < -0.4 is 10.2 Å². The van der Waals surface area contributed by atoms with E-state index in [1.807, 2.05) is 27.7 Å². The molecule has 0 spiro atoms. The van der Waals surface area contributed by atoms with Crippen molar-refractivity contribution in [3.8, 4) is 0 Å². The highest BCUT2D eigenvalue weighted by molar-refractivity contribution is 6.70. The van der Waals surface area contributed by atoms with E-state index in [4.69, 9.17) is 18.6 Å². The van der Waals surface area contributed by atoms with E-state index in [-0.39, 0.29) is 22.3 Å². The summed E-state index contributed by atoms with van der Waals surface area (Å²) in [5.41, 5.74) is -0.377. The molecule has 2 aliphatic heterocycles. The topological polar surface area (TPSA) is 118 Å². The van der Waals surface area contributed by atoms with Crippen molar-refractivity contribution in [2.45, 2.75) is 63.3 Å². The van der Waals surface area contributed by atoms with Gasteiger partial charge in [-0.25, -0.2) is 4.89 Å². The van der Waals surface area contributed by atoms with Gasteiger partial charge in [0.25, 0.3) is 4.66 Å². The number of rotatable bonds is 3. The van der Waals surface area contributed by atoms with Crippen LogP contribution in [0.15, 0.2) is 17.1 Å². The number of H-pyrrole nitrogens is 1. The van der Waals surface area contributed by atoms with Crippen LogP contribution in [0.4, 0.5) is 0 Å². The zero-order valence-corrected chi connectivity index (χ0v) is 15.6. The maximum atomic E-state index is 11.9. The molecule has 2 N–H and O–H groups in total. The highest BCUT2D eigenvalue weighted by Gasteiger charge is 2.58. The summed E-state index contributed by atoms with van der Waals surface area (Å²) in [5.74, 6) is 0. The van der Waals surface area contributed by atoms with E-state index in [2.05, 4.69) is 5.10 Å². The quantitative estimate of drug-likeness (QED) is 0.433. The highest BCUT2D eigenvalue weighted by atomic mass is 28.4. The lowest BCUT2D eigenvalue weighted by Crippen LogP contribution is -2.52. The molecule has 0 bridgehead atoms. The lowest BCUT2D eigenvalue weighted by Gasteiger charge is -2.36. The molecule has 140 valence electrons. The second-order valence-corrected chi connectivity index (χ2v) is 11.1. The van der Waals surface area contributed by atoms with E-state index in [0.29, 0.717) is 0 Å². The number of aromatic nitrogens is 3. The van der Waals surface area contributed by atoms with Gasteiger partial charge < -0.3 is 14.3 Å². The molecule has 0 aliphatic carbocycles. The first kappa shape index (κ1) is 18.4. The third-order valence-electron chi connectivity index (χ3n) is 4.72. The van der Waals surface area contributed by atoms with Crippen LogP contribution in [0, 0.1) is 4.91 Å². The molecule has 10 nitrogen and oxygen atoms in total. The van der Waals surface area contributed by atoms with Gasteiger partial charge in [-0.1, -0.05) is 32.4 Å².